The van der Waals surface area contributed by atoms with E-state index in [0.717, 1.165) is 12.1 Å². The fourth-order valence-corrected chi connectivity index (χ4v) is 4.59. The Labute approximate surface area is 174 Å². The van der Waals surface area contributed by atoms with Gasteiger partial charge < -0.3 is 9.26 Å². The summed E-state index contributed by atoms with van der Waals surface area (Å²) in [5.74, 6) is -1.76. The lowest BCUT2D eigenvalue weighted by Crippen LogP contribution is -2.31. The standard InChI is InChI=1S/C19H15F4N3O4S/c20-13-3-7-16(8-4-13)31(27,28)26-10-9-15(11-26)29-14-5-1-12(2-6-14)17-24-18(30-25-17)19(21,22)23/h1-8,15H,9-11H2/t15-/m0/s1. The first-order chi connectivity index (χ1) is 14.6. The Morgan fingerprint density at radius 1 is 1.06 bits per heavy atom. The van der Waals surface area contributed by atoms with Crippen LogP contribution in [0.2, 0.25) is 0 Å². The van der Waals surface area contributed by atoms with Crippen molar-refractivity contribution in [1.82, 2.24) is 14.4 Å². The number of ether oxygens (including phenoxy) is 1. The average Bonchev–Trinajstić information content (AvgIpc) is 3.39. The van der Waals surface area contributed by atoms with E-state index in [4.69, 9.17) is 4.74 Å². The number of halogens is 4. The summed E-state index contributed by atoms with van der Waals surface area (Å²) in [4.78, 5) is 3.31. The number of sulfonamides is 1. The summed E-state index contributed by atoms with van der Waals surface area (Å²) in [5.41, 5.74) is 0.304. The predicted molar refractivity (Wildman–Crippen MR) is 98.9 cm³/mol. The minimum Gasteiger partial charge on any atom is -0.489 e. The molecule has 0 bridgehead atoms. The third kappa shape index (κ3) is 4.54. The second-order valence-corrected chi connectivity index (χ2v) is 8.73. The maximum Gasteiger partial charge on any atom is 0.471 e. The Bertz CT molecular complexity index is 1160. The van der Waals surface area contributed by atoms with Gasteiger partial charge in [0, 0.05) is 12.1 Å². The van der Waals surface area contributed by atoms with Crippen LogP contribution in [0.5, 0.6) is 5.75 Å². The number of alkyl halides is 3. The van der Waals surface area contributed by atoms with Gasteiger partial charge in [0.2, 0.25) is 15.8 Å². The molecular formula is C19H15F4N3O4S. The van der Waals surface area contributed by atoms with Gasteiger partial charge in [-0.05, 0) is 55.0 Å². The van der Waals surface area contributed by atoms with E-state index in [2.05, 4.69) is 14.7 Å². The Morgan fingerprint density at radius 3 is 2.35 bits per heavy atom. The van der Waals surface area contributed by atoms with Gasteiger partial charge in [-0.1, -0.05) is 5.16 Å². The largest absolute Gasteiger partial charge is 0.489 e. The summed E-state index contributed by atoms with van der Waals surface area (Å²) in [7, 11) is -3.77. The predicted octanol–water partition coefficient (Wildman–Crippen LogP) is 3.74. The second-order valence-electron chi connectivity index (χ2n) is 6.79. The normalized spacial score (nSPS) is 17.7. The van der Waals surface area contributed by atoms with Gasteiger partial charge in [-0.2, -0.15) is 22.5 Å². The van der Waals surface area contributed by atoms with Gasteiger partial charge in [0.1, 0.15) is 17.7 Å². The molecule has 7 nitrogen and oxygen atoms in total. The minimum absolute atomic E-state index is 0.00255. The third-order valence-corrected chi connectivity index (χ3v) is 6.52. The van der Waals surface area contributed by atoms with Gasteiger partial charge in [0.25, 0.3) is 0 Å². The molecule has 0 saturated carbocycles. The van der Waals surface area contributed by atoms with E-state index < -0.39 is 34.0 Å². The zero-order valence-corrected chi connectivity index (χ0v) is 16.5. The summed E-state index contributed by atoms with van der Waals surface area (Å²) in [6.45, 7) is 0.354. The van der Waals surface area contributed by atoms with E-state index in [1.54, 1.807) is 0 Å². The molecule has 1 aliphatic rings. The summed E-state index contributed by atoms with van der Waals surface area (Å²) in [6.07, 6.45) is -4.69. The SMILES string of the molecule is O=S(=O)(c1ccc(F)cc1)N1CC[C@H](Oc2ccc(-c3noc(C(F)(F)F)n3)cc2)C1. The van der Waals surface area contributed by atoms with Crippen molar-refractivity contribution in [2.75, 3.05) is 13.1 Å². The molecule has 0 spiro atoms. The molecule has 12 heteroatoms. The van der Waals surface area contributed by atoms with Crippen molar-refractivity contribution in [1.29, 1.82) is 0 Å². The first-order valence-corrected chi connectivity index (χ1v) is 10.5. The van der Waals surface area contributed by atoms with Gasteiger partial charge in [-0.25, -0.2) is 12.8 Å². The van der Waals surface area contributed by atoms with E-state index in [1.807, 2.05) is 0 Å². The van der Waals surface area contributed by atoms with Crippen molar-refractivity contribution < 1.29 is 35.2 Å². The lowest BCUT2D eigenvalue weighted by atomic mass is 10.2. The first-order valence-electron chi connectivity index (χ1n) is 9.06. The van der Waals surface area contributed by atoms with Crippen LogP contribution in [0.15, 0.2) is 57.9 Å². The molecule has 1 saturated heterocycles. The number of hydrogen-bond donors (Lipinski definition) is 0. The highest BCUT2D eigenvalue weighted by atomic mass is 32.2. The highest BCUT2D eigenvalue weighted by Crippen LogP contribution is 2.30. The molecule has 2 aromatic carbocycles. The highest BCUT2D eigenvalue weighted by Gasteiger charge is 2.38. The van der Waals surface area contributed by atoms with Crippen molar-refractivity contribution in [2.24, 2.45) is 0 Å². The molecule has 1 aromatic heterocycles. The van der Waals surface area contributed by atoms with Crippen molar-refractivity contribution in [3.05, 3.63) is 60.2 Å². The van der Waals surface area contributed by atoms with Crippen molar-refractivity contribution in [3.63, 3.8) is 0 Å². The molecule has 164 valence electrons. The van der Waals surface area contributed by atoms with Crippen molar-refractivity contribution >= 4 is 10.0 Å². The number of nitrogens with zero attached hydrogens (tertiary/aromatic N) is 3. The molecule has 0 radical (unpaired) electrons. The maximum atomic E-state index is 13.1. The molecule has 4 rings (SSSR count). The van der Waals surface area contributed by atoms with Crippen molar-refractivity contribution in [3.8, 4) is 17.1 Å². The minimum atomic E-state index is -4.73. The van der Waals surface area contributed by atoms with Gasteiger partial charge in [0.15, 0.2) is 0 Å². The quantitative estimate of drug-likeness (QED) is 0.543. The third-order valence-electron chi connectivity index (χ3n) is 4.64. The molecule has 0 unspecified atom stereocenters. The maximum absolute atomic E-state index is 13.1. The highest BCUT2D eigenvalue weighted by molar-refractivity contribution is 7.89. The van der Waals surface area contributed by atoms with E-state index in [9.17, 15) is 26.0 Å². The monoisotopic (exact) mass is 457 g/mol. The van der Waals surface area contributed by atoms with Crippen LogP contribution in [-0.4, -0.2) is 42.1 Å². The van der Waals surface area contributed by atoms with Crippen LogP contribution >= 0.6 is 0 Å². The van der Waals surface area contributed by atoms with Crippen LogP contribution in [-0.2, 0) is 16.2 Å². The Morgan fingerprint density at radius 2 is 1.74 bits per heavy atom. The smallest absolute Gasteiger partial charge is 0.471 e. The lowest BCUT2D eigenvalue weighted by molar-refractivity contribution is -0.159. The molecule has 1 fully saturated rings. The molecule has 1 aliphatic heterocycles. The van der Waals surface area contributed by atoms with Crippen LogP contribution in [0.3, 0.4) is 0 Å². The van der Waals surface area contributed by atoms with Crippen LogP contribution < -0.4 is 4.74 Å². The molecule has 3 aromatic rings. The zero-order chi connectivity index (χ0) is 22.2. The molecular weight excluding hydrogens is 442 g/mol. The van der Waals surface area contributed by atoms with E-state index in [0.29, 0.717) is 17.7 Å². The molecule has 1 atom stereocenters. The van der Waals surface area contributed by atoms with Gasteiger partial charge in [-0.15, -0.1) is 0 Å². The first kappa shape index (κ1) is 21.2. The van der Waals surface area contributed by atoms with Crippen LogP contribution in [0.1, 0.15) is 12.3 Å². The number of rotatable bonds is 5. The van der Waals surface area contributed by atoms with E-state index >= 15 is 0 Å². The second kappa shape index (κ2) is 7.93. The topological polar surface area (TPSA) is 85.5 Å². The fraction of sp³-hybridized carbons (Fsp3) is 0.263. The number of hydrogen-bond acceptors (Lipinski definition) is 6. The fourth-order valence-electron chi connectivity index (χ4n) is 3.10. The lowest BCUT2D eigenvalue weighted by Gasteiger charge is -2.17. The van der Waals surface area contributed by atoms with E-state index in [-0.39, 0.29) is 23.8 Å². The summed E-state index contributed by atoms with van der Waals surface area (Å²) < 4.78 is 87.4. The van der Waals surface area contributed by atoms with E-state index in [1.165, 1.54) is 40.7 Å². The molecule has 0 aliphatic carbocycles. The number of benzene rings is 2. The zero-order valence-electron chi connectivity index (χ0n) is 15.7. The molecule has 0 amide bonds. The van der Waals surface area contributed by atoms with Gasteiger partial charge >= 0.3 is 12.1 Å². The molecule has 31 heavy (non-hydrogen) atoms. The van der Waals surface area contributed by atoms with Crippen LogP contribution in [0.25, 0.3) is 11.4 Å². The van der Waals surface area contributed by atoms with Gasteiger partial charge in [0.05, 0.1) is 11.4 Å². The Balaban J connectivity index is 1.40. The Hall–Kier alpha value is -2.99. The average molecular weight is 457 g/mol. The summed E-state index contributed by atoms with van der Waals surface area (Å²) in [6, 6.07) is 10.6. The van der Waals surface area contributed by atoms with Crippen LogP contribution in [0, 0.1) is 5.82 Å². The Kier molecular flexibility index (Phi) is 5.43. The van der Waals surface area contributed by atoms with Crippen LogP contribution in [0.4, 0.5) is 17.6 Å². The molecule has 0 N–H and O–H groups in total. The number of aromatic nitrogens is 2. The molecule has 2 heterocycles. The summed E-state index contributed by atoms with van der Waals surface area (Å²) >= 11 is 0. The summed E-state index contributed by atoms with van der Waals surface area (Å²) in [5, 5.41) is 3.31. The van der Waals surface area contributed by atoms with Gasteiger partial charge in [-0.3, -0.25) is 0 Å². The van der Waals surface area contributed by atoms with Crippen molar-refractivity contribution in [2.45, 2.75) is 23.6 Å².